The summed E-state index contributed by atoms with van der Waals surface area (Å²) in [6.07, 6.45) is 9.54. The highest BCUT2D eigenvalue weighted by molar-refractivity contribution is 8.00. The molecule has 34 heavy (non-hydrogen) atoms. The van der Waals surface area contributed by atoms with Crippen molar-refractivity contribution >= 4 is 34.1 Å². The molecule has 3 heteroatoms. The molecule has 0 radical (unpaired) electrons. The minimum atomic E-state index is -0.553. The molecule has 5 fully saturated rings. The van der Waals surface area contributed by atoms with Gasteiger partial charge in [-0.2, -0.15) is 0 Å². The molecule has 0 atom stereocenters. The van der Waals surface area contributed by atoms with Gasteiger partial charge in [-0.05, 0) is 108 Å². The fourth-order valence-corrected chi connectivity index (χ4v) is 9.56. The van der Waals surface area contributed by atoms with E-state index in [2.05, 4.69) is 60.3 Å². The van der Waals surface area contributed by atoms with E-state index >= 15 is 0 Å². The minimum absolute atomic E-state index is 0.0625. The van der Waals surface area contributed by atoms with Crippen molar-refractivity contribution in [2.24, 2.45) is 17.8 Å². The lowest BCUT2D eigenvalue weighted by atomic mass is 9.56. The Morgan fingerprint density at radius 2 is 1.21 bits per heavy atom. The first-order valence-electron chi connectivity index (χ1n) is 12.9. The maximum Gasteiger partial charge on any atom is 0.148 e. The monoisotopic (exact) mass is 466 g/mol. The predicted octanol–water partition coefficient (Wildman–Crippen LogP) is 7.58. The summed E-state index contributed by atoms with van der Waals surface area (Å²) in [7, 11) is 0. The number of hydrogen-bond acceptors (Lipinski definition) is 3. The van der Waals surface area contributed by atoms with E-state index in [-0.39, 0.29) is 11.6 Å². The second-order valence-corrected chi connectivity index (χ2v) is 13.0. The summed E-state index contributed by atoms with van der Waals surface area (Å²) in [6.45, 7) is 0. The average molecular weight is 467 g/mol. The van der Waals surface area contributed by atoms with E-state index in [4.69, 9.17) is 0 Å². The second kappa shape index (κ2) is 7.81. The number of Topliss-reactive ketones (excluding diaryl/α,β-unsaturated/α-hetero) is 2. The third kappa shape index (κ3) is 3.55. The summed E-state index contributed by atoms with van der Waals surface area (Å²) in [6, 6.07) is 21.7. The number of fused-ring (bicyclic) bond motifs is 1. The summed E-state index contributed by atoms with van der Waals surface area (Å²) in [5.41, 5.74) is 3.29. The van der Waals surface area contributed by atoms with Gasteiger partial charge in [-0.15, -0.1) is 11.8 Å². The number of thioether (sulfide) groups is 1. The van der Waals surface area contributed by atoms with Gasteiger partial charge in [0.1, 0.15) is 17.5 Å². The molecule has 8 rings (SSSR count). The van der Waals surface area contributed by atoms with Crippen molar-refractivity contribution in [1.29, 1.82) is 0 Å². The SMILES string of the molecule is O=C1CCC(=O)C1c1ccc2cc(-c3ccc(SC45CC6CC(CC(C6)C4)C5)cc3)ccc2c1. The lowest BCUT2D eigenvalue weighted by molar-refractivity contribution is -0.123. The van der Waals surface area contributed by atoms with E-state index in [0.717, 1.165) is 34.1 Å². The van der Waals surface area contributed by atoms with Crippen LogP contribution in [-0.4, -0.2) is 16.3 Å². The van der Waals surface area contributed by atoms with Crippen LogP contribution in [0.25, 0.3) is 21.9 Å². The standard InChI is InChI=1S/C31H30O2S/c32-28-9-10-29(33)30(28)26-4-3-24-14-23(1-2-25(24)15-26)22-5-7-27(8-6-22)34-31-16-19-11-20(17-31)13-21(12-19)18-31/h1-8,14-15,19-21,30H,9-13,16-18H2. The largest absolute Gasteiger partial charge is 0.299 e. The topological polar surface area (TPSA) is 34.1 Å². The molecule has 3 aromatic carbocycles. The zero-order valence-corrected chi connectivity index (χ0v) is 20.3. The van der Waals surface area contributed by atoms with Gasteiger partial charge in [-0.25, -0.2) is 0 Å². The van der Waals surface area contributed by atoms with E-state index in [0.29, 0.717) is 17.6 Å². The Bertz CT molecular complexity index is 1250. The van der Waals surface area contributed by atoms with Gasteiger partial charge in [0.25, 0.3) is 0 Å². The van der Waals surface area contributed by atoms with Gasteiger partial charge in [0.05, 0.1) is 0 Å². The van der Waals surface area contributed by atoms with Crippen molar-refractivity contribution in [3.63, 3.8) is 0 Å². The number of benzene rings is 3. The number of carbonyl (C=O) groups excluding carboxylic acids is 2. The molecule has 0 aromatic heterocycles. The molecule has 0 aliphatic heterocycles. The van der Waals surface area contributed by atoms with E-state index in [1.807, 2.05) is 12.1 Å². The summed E-state index contributed by atoms with van der Waals surface area (Å²) >= 11 is 2.17. The molecule has 2 nitrogen and oxygen atoms in total. The Balaban J connectivity index is 1.12. The van der Waals surface area contributed by atoms with E-state index in [9.17, 15) is 9.59 Å². The first kappa shape index (κ1) is 20.9. The number of ketones is 2. The van der Waals surface area contributed by atoms with Crippen molar-refractivity contribution in [2.45, 2.75) is 66.9 Å². The molecule has 5 saturated carbocycles. The van der Waals surface area contributed by atoms with Crippen LogP contribution in [0.1, 0.15) is 62.8 Å². The van der Waals surface area contributed by atoms with Crippen LogP contribution in [0.4, 0.5) is 0 Å². The highest BCUT2D eigenvalue weighted by Gasteiger charge is 2.51. The highest BCUT2D eigenvalue weighted by Crippen LogP contribution is 2.61. The fraction of sp³-hybridized carbons (Fsp3) is 0.419. The fourth-order valence-electron chi connectivity index (χ4n) is 7.83. The van der Waals surface area contributed by atoms with Crippen molar-refractivity contribution < 1.29 is 9.59 Å². The van der Waals surface area contributed by atoms with Gasteiger partial charge in [-0.3, -0.25) is 9.59 Å². The maximum absolute atomic E-state index is 12.2. The van der Waals surface area contributed by atoms with Crippen molar-refractivity contribution in [2.75, 3.05) is 0 Å². The van der Waals surface area contributed by atoms with Crippen LogP contribution in [0.3, 0.4) is 0 Å². The normalized spacial score (nSPS) is 30.5. The van der Waals surface area contributed by atoms with E-state index in [1.54, 1.807) is 0 Å². The number of hydrogen-bond donors (Lipinski definition) is 0. The molecule has 0 N–H and O–H groups in total. The van der Waals surface area contributed by atoms with Crippen molar-refractivity contribution in [3.05, 3.63) is 66.2 Å². The quantitative estimate of drug-likeness (QED) is 0.372. The Hall–Kier alpha value is -2.39. The van der Waals surface area contributed by atoms with Crippen molar-refractivity contribution in [1.82, 2.24) is 0 Å². The summed E-state index contributed by atoms with van der Waals surface area (Å²) < 4.78 is 0.499. The Morgan fingerprint density at radius 3 is 1.85 bits per heavy atom. The number of carbonyl (C=O) groups is 2. The van der Waals surface area contributed by atoms with Crippen LogP contribution in [0, 0.1) is 17.8 Å². The first-order valence-corrected chi connectivity index (χ1v) is 13.7. The molecule has 0 heterocycles. The molecule has 4 bridgehead atoms. The Morgan fingerprint density at radius 1 is 0.647 bits per heavy atom. The van der Waals surface area contributed by atoms with Crippen LogP contribution in [0.5, 0.6) is 0 Å². The Kier molecular flexibility index (Phi) is 4.81. The van der Waals surface area contributed by atoms with Crippen LogP contribution < -0.4 is 0 Å². The molecule has 0 saturated heterocycles. The predicted molar refractivity (Wildman–Crippen MR) is 138 cm³/mol. The van der Waals surface area contributed by atoms with Gasteiger partial charge in [0.2, 0.25) is 0 Å². The molecule has 0 spiro atoms. The second-order valence-electron chi connectivity index (χ2n) is 11.4. The molecular weight excluding hydrogens is 436 g/mol. The zero-order chi connectivity index (χ0) is 22.9. The lowest BCUT2D eigenvalue weighted by Crippen LogP contribution is -2.48. The first-order chi connectivity index (χ1) is 16.5. The lowest BCUT2D eigenvalue weighted by Gasteiger charge is -2.56. The average Bonchev–Trinajstić information content (AvgIpc) is 3.15. The van der Waals surface area contributed by atoms with Gasteiger partial charge in [0, 0.05) is 22.5 Å². The zero-order valence-electron chi connectivity index (χ0n) is 19.5. The molecule has 0 amide bonds. The van der Waals surface area contributed by atoms with Crippen LogP contribution in [0.15, 0.2) is 65.6 Å². The number of rotatable bonds is 4. The van der Waals surface area contributed by atoms with Crippen molar-refractivity contribution in [3.8, 4) is 11.1 Å². The maximum atomic E-state index is 12.2. The molecule has 0 unspecified atom stereocenters. The van der Waals surface area contributed by atoms with Gasteiger partial charge in [0.15, 0.2) is 0 Å². The van der Waals surface area contributed by atoms with E-state index < -0.39 is 5.92 Å². The molecule has 5 aliphatic carbocycles. The van der Waals surface area contributed by atoms with Gasteiger partial charge in [-0.1, -0.05) is 36.4 Å². The van der Waals surface area contributed by atoms with Gasteiger partial charge < -0.3 is 0 Å². The minimum Gasteiger partial charge on any atom is -0.299 e. The van der Waals surface area contributed by atoms with Gasteiger partial charge >= 0.3 is 0 Å². The van der Waals surface area contributed by atoms with E-state index in [1.165, 1.54) is 54.5 Å². The molecular formula is C31H30O2S. The summed E-state index contributed by atoms with van der Waals surface area (Å²) in [5.74, 6) is 2.53. The van der Waals surface area contributed by atoms with Crippen LogP contribution in [-0.2, 0) is 9.59 Å². The summed E-state index contributed by atoms with van der Waals surface area (Å²) in [5, 5.41) is 2.23. The highest BCUT2D eigenvalue weighted by atomic mass is 32.2. The third-order valence-electron chi connectivity index (χ3n) is 8.96. The van der Waals surface area contributed by atoms with Crippen LogP contribution >= 0.6 is 11.8 Å². The molecule has 5 aliphatic rings. The Labute approximate surface area is 205 Å². The smallest absolute Gasteiger partial charge is 0.148 e. The molecule has 3 aromatic rings. The van der Waals surface area contributed by atoms with Crippen LogP contribution in [0.2, 0.25) is 0 Å². The molecule has 172 valence electrons. The third-order valence-corrected chi connectivity index (χ3v) is 10.4. The summed E-state index contributed by atoms with van der Waals surface area (Å²) in [4.78, 5) is 25.8.